The van der Waals surface area contributed by atoms with Crippen LogP contribution in [0.3, 0.4) is 0 Å². The Hall–Kier alpha value is -1.43. The molecule has 0 aromatic carbocycles. The third kappa shape index (κ3) is 2.95. The molecule has 5 nitrogen and oxygen atoms in total. The number of thiazole rings is 1. The first-order valence-electron chi connectivity index (χ1n) is 7.30. The Morgan fingerprint density at radius 2 is 2.14 bits per heavy atom. The van der Waals surface area contributed by atoms with Gasteiger partial charge >= 0.3 is 0 Å². The molecule has 1 saturated heterocycles. The van der Waals surface area contributed by atoms with Gasteiger partial charge in [0.2, 0.25) is 11.8 Å². The summed E-state index contributed by atoms with van der Waals surface area (Å²) in [6.45, 7) is 9.91. The molecule has 2 atom stereocenters. The van der Waals surface area contributed by atoms with Crippen molar-refractivity contribution >= 4 is 23.2 Å². The van der Waals surface area contributed by atoms with Crippen LogP contribution in [0.15, 0.2) is 5.38 Å². The second-order valence-electron chi connectivity index (χ2n) is 6.18. The summed E-state index contributed by atoms with van der Waals surface area (Å²) < 4.78 is 0. The minimum absolute atomic E-state index is 0.0143. The fourth-order valence-electron chi connectivity index (χ4n) is 2.49. The van der Waals surface area contributed by atoms with Crippen molar-refractivity contribution in [3.8, 4) is 0 Å². The second kappa shape index (κ2) is 5.75. The fraction of sp³-hybridized carbons (Fsp3) is 0.667. The van der Waals surface area contributed by atoms with Crippen molar-refractivity contribution in [3.63, 3.8) is 0 Å². The molecule has 1 aromatic rings. The molecule has 1 aliphatic rings. The zero-order chi connectivity index (χ0) is 15.8. The lowest BCUT2D eigenvalue weighted by Gasteiger charge is -2.45. The van der Waals surface area contributed by atoms with Crippen LogP contribution in [0.2, 0.25) is 0 Å². The molecule has 1 aromatic heterocycles. The number of rotatable bonds is 4. The van der Waals surface area contributed by atoms with Gasteiger partial charge in [0.05, 0.1) is 17.2 Å². The van der Waals surface area contributed by atoms with E-state index in [1.54, 1.807) is 30.1 Å². The van der Waals surface area contributed by atoms with Crippen molar-refractivity contribution in [2.24, 2.45) is 5.92 Å². The number of aryl methyl sites for hydroxylation is 1. The van der Waals surface area contributed by atoms with Gasteiger partial charge in [-0.2, -0.15) is 0 Å². The molecule has 116 valence electrons. The van der Waals surface area contributed by atoms with Gasteiger partial charge in [-0.1, -0.05) is 20.3 Å². The van der Waals surface area contributed by atoms with Gasteiger partial charge in [-0.05, 0) is 26.7 Å². The monoisotopic (exact) mass is 309 g/mol. The summed E-state index contributed by atoms with van der Waals surface area (Å²) >= 11 is 1.56. The van der Waals surface area contributed by atoms with Crippen LogP contribution in [0, 0.1) is 12.8 Å². The minimum atomic E-state index is -0.849. The molecule has 1 aliphatic heterocycles. The van der Waals surface area contributed by atoms with Gasteiger partial charge in [-0.15, -0.1) is 11.3 Å². The average molecular weight is 309 g/mol. The molecule has 1 N–H and O–H groups in total. The summed E-state index contributed by atoms with van der Waals surface area (Å²) in [6, 6.07) is -0.435. The van der Waals surface area contributed by atoms with Gasteiger partial charge in [0.1, 0.15) is 11.6 Å². The molecule has 0 saturated carbocycles. The summed E-state index contributed by atoms with van der Waals surface area (Å²) in [5, 5.41) is 5.80. The Labute approximate surface area is 129 Å². The van der Waals surface area contributed by atoms with E-state index >= 15 is 0 Å². The minimum Gasteiger partial charge on any atom is -0.342 e. The molecule has 0 radical (unpaired) electrons. The Morgan fingerprint density at radius 1 is 1.48 bits per heavy atom. The van der Waals surface area contributed by atoms with Crippen molar-refractivity contribution in [2.75, 3.05) is 0 Å². The van der Waals surface area contributed by atoms with E-state index in [1.165, 1.54) is 0 Å². The largest absolute Gasteiger partial charge is 0.342 e. The molecule has 2 amide bonds. The van der Waals surface area contributed by atoms with Crippen molar-refractivity contribution in [2.45, 2.75) is 59.2 Å². The number of carbonyl (C=O) groups is 2. The lowest BCUT2D eigenvalue weighted by atomic mass is 9.89. The van der Waals surface area contributed by atoms with E-state index < -0.39 is 11.6 Å². The number of piperazine rings is 1. The highest BCUT2D eigenvalue weighted by Gasteiger charge is 2.47. The van der Waals surface area contributed by atoms with E-state index in [0.717, 1.165) is 17.1 Å². The van der Waals surface area contributed by atoms with Gasteiger partial charge < -0.3 is 10.2 Å². The third-order valence-electron chi connectivity index (χ3n) is 4.25. The van der Waals surface area contributed by atoms with Crippen LogP contribution in [-0.2, 0) is 16.1 Å². The summed E-state index contributed by atoms with van der Waals surface area (Å²) in [6.07, 6.45) is 0.848. The lowest BCUT2D eigenvalue weighted by Crippen LogP contribution is -2.69. The van der Waals surface area contributed by atoms with Gasteiger partial charge in [0.25, 0.3) is 0 Å². The smallest absolute Gasteiger partial charge is 0.246 e. The summed E-state index contributed by atoms with van der Waals surface area (Å²) in [5.74, 6) is 0.0103. The molecule has 6 heteroatoms. The zero-order valence-electron chi connectivity index (χ0n) is 13.3. The molecule has 2 rings (SSSR count). The van der Waals surface area contributed by atoms with E-state index in [0.29, 0.717) is 6.54 Å². The number of amides is 2. The number of aromatic nitrogens is 1. The number of nitrogens with one attached hydrogen (secondary N) is 1. The highest BCUT2D eigenvalue weighted by molar-refractivity contribution is 7.09. The van der Waals surface area contributed by atoms with Crippen molar-refractivity contribution < 1.29 is 9.59 Å². The number of hydrogen-bond donors (Lipinski definition) is 1. The maximum Gasteiger partial charge on any atom is 0.246 e. The zero-order valence-corrected chi connectivity index (χ0v) is 14.1. The first-order valence-corrected chi connectivity index (χ1v) is 8.18. The first kappa shape index (κ1) is 15.9. The fourth-order valence-corrected chi connectivity index (χ4v) is 3.09. The lowest BCUT2D eigenvalue weighted by molar-refractivity contribution is -0.157. The van der Waals surface area contributed by atoms with Gasteiger partial charge in [0.15, 0.2) is 0 Å². The molecular weight excluding hydrogens is 286 g/mol. The third-order valence-corrected chi connectivity index (χ3v) is 5.07. The summed E-state index contributed by atoms with van der Waals surface area (Å²) in [5.41, 5.74) is -0.00464. The number of carbonyl (C=O) groups excluding carboxylic acids is 2. The molecule has 0 bridgehead atoms. The molecular formula is C15H23N3O2S. The van der Waals surface area contributed by atoms with Crippen LogP contribution in [0.25, 0.3) is 0 Å². The second-order valence-corrected chi connectivity index (χ2v) is 7.24. The highest BCUT2D eigenvalue weighted by Crippen LogP contribution is 2.27. The van der Waals surface area contributed by atoms with Gasteiger partial charge in [0, 0.05) is 5.38 Å². The Kier molecular flexibility index (Phi) is 4.37. The van der Waals surface area contributed by atoms with Crippen LogP contribution in [-0.4, -0.2) is 33.3 Å². The topological polar surface area (TPSA) is 62.3 Å². The average Bonchev–Trinajstić information content (AvgIpc) is 2.84. The molecule has 2 unspecified atom stereocenters. The molecule has 2 heterocycles. The number of hydrogen-bond acceptors (Lipinski definition) is 4. The van der Waals surface area contributed by atoms with E-state index in [2.05, 4.69) is 10.3 Å². The molecule has 0 aliphatic carbocycles. The molecule has 21 heavy (non-hydrogen) atoms. The Balaban J connectivity index is 2.29. The predicted octanol–water partition coefficient (Wildman–Crippen LogP) is 2.10. The maximum atomic E-state index is 12.8. The van der Waals surface area contributed by atoms with Crippen LogP contribution >= 0.6 is 11.3 Å². The van der Waals surface area contributed by atoms with Crippen LogP contribution in [0.5, 0.6) is 0 Å². The normalized spacial score (nSPS) is 23.1. The highest BCUT2D eigenvalue weighted by atomic mass is 32.1. The van der Waals surface area contributed by atoms with Crippen molar-refractivity contribution in [3.05, 3.63) is 16.1 Å². The maximum absolute atomic E-state index is 12.8. The van der Waals surface area contributed by atoms with Crippen LogP contribution in [0.4, 0.5) is 0 Å². The van der Waals surface area contributed by atoms with E-state index in [-0.39, 0.29) is 17.7 Å². The SMILES string of the molecule is CCC(C)C1NC(=O)C(C)(C)N(Cc2csc(C)n2)C1=O. The standard InChI is InChI=1S/C15H23N3O2S/c1-6-9(2)12-13(19)18(15(4,5)14(20)17-12)7-11-8-21-10(3)16-11/h8-9,12H,6-7H2,1-5H3,(H,17,20). The Morgan fingerprint density at radius 3 is 2.67 bits per heavy atom. The van der Waals surface area contributed by atoms with Crippen molar-refractivity contribution in [1.29, 1.82) is 0 Å². The first-order chi connectivity index (χ1) is 9.77. The van der Waals surface area contributed by atoms with Crippen molar-refractivity contribution in [1.82, 2.24) is 15.2 Å². The van der Waals surface area contributed by atoms with E-state index in [4.69, 9.17) is 0 Å². The number of nitrogens with zero attached hydrogens (tertiary/aromatic N) is 2. The van der Waals surface area contributed by atoms with Gasteiger partial charge in [-0.3, -0.25) is 9.59 Å². The summed E-state index contributed by atoms with van der Waals surface area (Å²) in [4.78, 5) is 31.2. The Bertz CT molecular complexity index is 553. The van der Waals surface area contributed by atoms with Crippen LogP contribution in [0.1, 0.15) is 44.8 Å². The van der Waals surface area contributed by atoms with E-state index in [9.17, 15) is 9.59 Å². The molecule has 0 spiro atoms. The van der Waals surface area contributed by atoms with Gasteiger partial charge in [-0.25, -0.2) is 4.98 Å². The van der Waals surface area contributed by atoms with E-state index in [1.807, 2.05) is 26.2 Å². The van der Waals surface area contributed by atoms with Crippen LogP contribution < -0.4 is 5.32 Å². The summed E-state index contributed by atoms with van der Waals surface area (Å²) in [7, 11) is 0. The quantitative estimate of drug-likeness (QED) is 0.926. The predicted molar refractivity (Wildman–Crippen MR) is 82.9 cm³/mol. The molecule has 1 fully saturated rings.